The number of rotatable bonds is 6. The Morgan fingerprint density at radius 1 is 1.55 bits per heavy atom. The average molecular weight is 324 g/mol. The molecular formula is C16H22ClN3O2. The largest absolute Gasteiger partial charge is 0.326 e. The monoisotopic (exact) mass is 323 g/mol. The number of carbonyl (C=O) groups excluding carboxylic acids is 2. The zero-order valence-electron chi connectivity index (χ0n) is 12.7. The van der Waals surface area contributed by atoms with Crippen LogP contribution < -0.4 is 10.7 Å². The van der Waals surface area contributed by atoms with Gasteiger partial charge < -0.3 is 10.1 Å². The van der Waals surface area contributed by atoms with E-state index >= 15 is 0 Å². The SMILES string of the molecule is CCC1C[C@@H](CC(=O)Nc2cccc(Cl)c2)CNN1CC=O. The Labute approximate surface area is 136 Å². The Hall–Kier alpha value is -1.43. The van der Waals surface area contributed by atoms with Crippen LogP contribution in [0.15, 0.2) is 24.3 Å². The minimum Gasteiger partial charge on any atom is -0.326 e. The van der Waals surface area contributed by atoms with Crippen LogP contribution in [-0.2, 0) is 9.59 Å². The van der Waals surface area contributed by atoms with Crippen molar-refractivity contribution in [2.24, 2.45) is 5.92 Å². The van der Waals surface area contributed by atoms with E-state index in [-0.39, 0.29) is 11.8 Å². The van der Waals surface area contributed by atoms with E-state index in [2.05, 4.69) is 17.7 Å². The quantitative estimate of drug-likeness (QED) is 0.790. The molecule has 2 atom stereocenters. The Bertz CT molecular complexity index is 524. The molecule has 0 saturated carbocycles. The fourth-order valence-electron chi connectivity index (χ4n) is 2.85. The second-order valence-electron chi connectivity index (χ2n) is 5.61. The summed E-state index contributed by atoms with van der Waals surface area (Å²) in [4.78, 5) is 22.8. The summed E-state index contributed by atoms with van der Waals surface area (Å²) < 4.78 is 0. The van der Waals surface area contributed by atoms with E-state index in [0.717, 1.165) is 24.8 Å². The molecule has 1 aliphatic heterocycles. The lowest BCUT2D eigenvalue weighted by Gasteiger charge is -2.38. The molecule has 5 nitrogen and oxygen atoms in total. The third-order valence-corrected chi connectivity index (χ3v) is 4.19. The third-order valence-electron chi connectivity index (χ3n) is 3.95. The summed E-state index contributed by atoms with van der Waals surface area (Å²) in [5, 5.41) is 5.45. The molecule has 0 aromatic heterocycles. The van der Waals surface area contributed by atoms with Crippen LogP contribution in [0.3, 0.4) is 0 Å². The van der Waals surface area contributed by atoms with Gasteiger partial charge in [-0.1, -0.05) is 24.6 Å². The molecule has 120 valence electrons. The lowest BCUT2D eigenvalue weighted by atomic mass is 9.92. The fraction of sp³-hybridized carbons (Fsp3) is 0.500. The predicted octanol–water partition coefficient (Wildman–Crippen LogP) is 2.47. The molecule has 1 saturated heterocycles. The van der Waals surface area contributed by atoms with Crippen LogP contribution in [0.2, 0.25) is 5.02 Å². The maximum absolute atomic E-state index is 12.1. The van der Waals surface area contributed by atoms with Gasteiger partial charge in [-0.15, -0.1) is 0 Å². The predicted molar refractivity (Wildman–Crippen MR) is 87.7 cm³/mol. The number of hydrazine groups is 1. The van der Waals surface area contributed by atoms with Gasteiger partial charge in [-0.25, -0.2) is 5.01 Å². The molecule has 6 heteroatoms. The molecule has 0 aliphatic carbocycles. The first-order valence-electron chi connectivity index (χ1n) is 7.61. The van der Waals surface area contributed by atoms with Gasteiger partial charge in [0, 0.05) is 29.7 Å². The van der Waals surface area contributed by atoms with Crippen LogP contribution in [-0.4, -0.2) is 36.3 Å². The van der Waals surface area contributed by atoms with Crippen molar-refractivity contribution in [2.75, 3.05) is 18.4 Å². The number of hydrogen-bond acceptors (Lipinski definition) is 4. The van der Waals surface area contributed by atoms with Gasteiger partial charge in [-0.3, -0.25) is 10.2 Å². The smallest absolute Gasteiger partial charge is 0.224 e. The molecule has 1 aliphatic rings. The van der Waals surface area contributed by atoms with E-state index in [0.29, 0.717) is 30.6 Å². The summed E-state index contributed by atoms with van der Waals surface area (Å²) in [6.45, 7) is 3.20. The van der Waals surface area contributed by atoms with Crippen LogP contribution in [0.5, 0.6) is 0 Å². The zero-order valence-corrected chi connectivity index (χ0v) is 13.5. The van der Waals surface area contributed by atoms with Crippen molar-refractivity contribution in [3.05, 3.63) is 29.3 Å². The van der Waals surface area contributed by atoms with Crippen LogP contribution >= 0.6 is 11.6 Å². The van der Waals surface area contributed by atoms with Crippen molar-refractivity contribution < 1.29 is 9.59 Å². The Morgan fingerprint density at radius 3 is 3.05 bits per heavy atom. The maximum Gasteiger partial charge on any atom is 0.224 e. The van der Waals surface area contributed by atoms with Gasteiger partial charge in [-0.05, 0) is 37.0 Å². The van der Waals surface area contributed by atoms with Crippen molar-refractivity contribution in [2.45, 2.75) is 32.2 Å². The molecular weight excluding hydrogens is 302 g/mol. The first-order chi connectivity index (χ1) is 10.6. The van der Waals surface area contributed by atoms with Gasteiger partial charge in [0.05, 0.1) is 6.54 Å². The van der Waals surface area contributed by atoms with Crippen LogP contribution in [0, 0.1) is 5.92 Å². The summed E-state index contributed by atoms with van der Waals surface area (Å²) in [6, 6.07) is 7.44. The second kappa shape index (κ2) is 8.27. The molecule has 0 radical (unpaired) electrons. The molecule has 1 fully saturated rings. The first-order valence-corrected chi connectivity index (χ1v) is 7.99. The Balaban J connectivity index is 1.85. The van der Waals surface area contributed by atoms with E-state index in [1.165, 1.54) is 0 Å². The Morgan fingerprint density at radius 2 is 2.36 bits per heavy atom. The molecule has 0 bridgehead atoms. The van der Waals surface area contributed by atoms with Crippen molar-refractivity contribution >= 4 is 29.5 Å². The summed E-state index contributed by atoms with van der Waals surface area (Å²) in [5.74, 6) is 0.264. The zero-order chi connectivity index (χ0) is 15.9. The normalized spacial score (nSPS) is 22.3. The van der Waals surface area contributed by atoms with Gasteiger partial charge in [0.15, 0.2) is 0 Å². The highest BCUT2D eigenvalue weighted by Crippen LogP contribution is 2.22. The number of aldehydes is 1. The highest BCUT2D eigenvalue weighted by molar-refractivity contribution is 6.30. The Kier molecular flexibility index (Phi) is 6.36. The topological polar surface area (TPSA) is 61.4 Å². The van der Waals surface area contributed by atoms with Crippen LogP contribution in [0.4, 0.5) is 5.69 Å². The lowest BCUT2D eigenvalue weighted by Crippen LogP contribution is -2.53. The number of nitrogens with zero attached hydrogens (tertiary/aromatic N) is 1. The summed E-state index contributed by atoms with van der Waals surface area (Å²) in [5.41, 5.74) is 3.97. The molecule has 0 spiro atoms. The first kappa shape index (κ1) is 16.9. The average Bonchev–Trinajstić information content (AvgIpc) is 2.49. The van der Waals surface area contributed by atoms with Crippen molar-refractivity contribution in [3.63, 3.8) is 0 Å². The summed E-state index contributed by atoms with van der Waals surface area (Å²) in [7, 11) is 0. The van der Waals surface area contributed by atoms with E-state index in [1.54, 1.807) is 12.1 Å². The second-order valence-corrected chi connectivity index (χ2v) is 6.04. The van der Waals surface area contributed by atoms with E-state index in [1.807, 2.05) is 17.1 Å². The fourth-order valence-corrected chi connectivity index (χ4v) is 3.04. The number of anilines is 1. The summed E-state index contributed by atoms with van der Waals surface area (Å²) >= 11 is 5.91. The number of halogens is 1. The maximum atomic E-state index is 12.1. The van der Waals surface area contributed by atoms with Crippen molar-refractivity contribution in [3.8, 4) is 0 Å². The molecule has 1 heterocycles. The van der Waals surface area contributed by atoms with E-state index in [9.17, 15) is 9.59 Å². The molecule has 2 rings (SSSR count). The number of benzene rings is 1. The highest BCUT2D eigenvalue weighted by Gasteiger charge is 2.28. The molecule has 22 heavy (non-hydrogen) atoms. The van der Waals surface area contributed by atoms with E-state index in [4.69, 9.17) is 11.6 Å². The van der Waals surface area contributed by atoms with Crippen molar-refractivity contribution in [1.29, 1.82) is 0 Å². The standard InChI is InChI=1S/C16H22ClN3O2/c1-2-15-8-12(11-18-20(15)6-7-21)9-16(22)19-14-5-3-4-13(17)10-14/h3-5,7,10,12,15,18H,2,6,8-9,11H2,1H3,(H,19,22)/t12-,15?/m0/s1. The number of carbonyl (C=O) groups is 2. The van der Waals surface area contributed by atoms with E-state index < -0.39 is 0 Å². The number of hydrogen-bond donors (Lipinski definition) is 2. The van der Waals surface area contributed by atoms with Gasteiger partial charge in [0.25, 0.3) is 0 Å². The minimum absolute atomic E-state index is 0.00671. The molecule has 1 amide bonds. The third kappa shape index (κ3) is 4.80. The molecule has 1 unspecified atom stereocenters. The van der Waals surface area contributed by atoms with Crippen LogP contribution in [0.1, 0.15) is 26.2 Å². The van der Waals surface area contributed by atoms with Gasteiger partial charge in [0.1, 0.15) is 6.29 Å². The molecule has 2 N–H and O–H groups in total. The van der Waals surface area contributed by atoms with Gasteiger partial charge in [-0.2, -0.15) is 0 Å². The molecule has 1 aromatic carbocycles. The van der Waals surface area contributed by atoms with Gasteiger partial charge in [0.2, 0.25) is 5.91 Å². The number of amides is 1. The summed E-state index contributed by atoms with van der Waals surface area (Å²) in [6.07, 6.45) is 3.24. The highest BCUT2D eigenvalue weighted by atomic mass is 35.5. The van der Waals surface area contributed by atoms with Gasteiger partial charge >= 0.3 is 0 Å². The lowest BCUT2D eigenvalue weighted by molar-refractivity contribution is -0.118. The minimum atomic E-state index is -0.00671. The number of nitrogens with one attached hydrogen (secondary N) is 2. The molecule has 1 aromatic rings. The van der Waals surface area contributed by atoms with Crippen molar-refractivity contribution in [1.82, 2.24) is 10.4 Å². The van der Waals surface area contributed by atoms with Crippen LogP contribution in [0.25, 0.3) is 0 Å².